The lowest BCUT2D eigenvalue weighted by atomic mass is 10.1. The predicted octanol–water partition coefficient (Wildman–Crippen LogP) is 3.75. The summed E-state index contributed by atoms with van der Waals surface area (Å²) in [5.41, 5.74) is 4.18. The Bertz CT molecular complexity index is 436. The number of nitrogens with one attached hydrogen (secondary N) is 1. The molecule has 15 heavy (non-hydrogen) atoms. The molecule has 0 radical (unpaired) electrons. The van der Waals surface area contributed by atoms with Crippen molar-refractivity contribution in [2.45, 2.75) is 20.3 Å². The number of fused-ring (bicyclic) bond motifs is 1. The van der Waals surface area contributed by atoms with Gasteiger partial charge in [0.1, 0.15) is 0 Å². The maximum atomic E-state index is 4.26. The minimum absolute atomic E-state index is 0.724. The molecule has 80 valence electrons. The minimum Gasteiger partial charge on any atom is -0.385 e. The number of benzene rings is 1. The van der Waals surface area contributed by atoms with Gasteiger partial charge in [0, 0.05) is 12.2 Å². The molecule has 1 heterocycles. The van der Waals surface area contributed by atoms with Crippen molar-refractivity contribution < 1.29 is 0 Å². The fraction of sp³-hybridized carbons (Fsp3) is 0.417. The van der Waals surface area contributed by atoms with Crippen molar-refractivity contribution in [1.29, 1.82) is 0 Å². The van der Waals surface area contributed by atoms with Crippen LogP contribution in [0.3, 0.4) is 0 Å². The molecular formula is C12H16N2S. The summed E-state index contributed by atoms with van der Waals surface area (Å²) in [7, 11) is 0. The van der Waals surface area contributed by atoms with E-state index in [0.717, 1.165) is 18.0 Å². The number of hydrogen-bond donors (Lipinski definition) is 1. The first-order valence-electron chi connectivity index (χ1n) is 5.36. The molecule has 1 unspecified atom stereocenters. The summed E-state index contributed by atoms with van der Waals surface area (Å²) < 4.78 is 1.25. The molecule has 3 heteroatoms. The maximum Gasteiger partial charge on any atom is 0.0813 e. The molecular weight excluding hydrogens is 204 g/mol. The molecule has 1 aromatic heterocycles. The van der Waals surface area contributed by atoms with Gasteiger partial charge in [-0.1, -0.05) is 20.3 Å². The standard InChI is InChI=1S/C12H16N2S/c1-3-9(2)7-13-10-4-5-11-12(6-10)15-8-14-11/h4-6,8-9,13H,3,7H2,1-2H3. The number of hydrogen-bond acceptors (Lipinski definition) is 3. The molecule has 1 aromatic carbocycles. The Labute approximate surface area is 94.3 Å². The minimum atomic E-state index is 0.724. The molecule has 2 aromatic rings. The summed E-state index contributed by atoms with van der Waals surface area (Å²) in [5, 5.41) is 3.46. The summed E-state index contributed by atoms with van der Waals surface area (Å²) in [4.78, 5) is 4.26. The largest absolute Gasteiger partial charge is 0.385 e. The third-order valence-corrected chi connectivity index (χ3v) is 3.47. The Morgan fingerprint density at radius 2 is 2.33 bits per heavy atom. The molecule has 0 spiro atoms. The lowest BCUT2D eigenvalue weighted by molar-refractivity contribution is 0.593. The van der Waals surface area contributed by atoms with Gasteiger partial charge in [-0.05, 0) is 24.1 Å². The van der Waals surface area contributed by atoms with Crippen LogP contribution in [0.5, 0.6) is 0 Å². The van der Waals surface area contributed by atoms with Gasteiger partial charge in [0.2, 0.25) is 0 Å². The monoisotopic (exact) mass is 220 g/mol. The van der Waals surface area contributed by atoms with Crippen LogP contribution in [0.2, 0.25) is 0 Å². The van der Waals surface area contributed by atoms with Crippen molar-refractivity contribution in [2.24, 2.45) is 5.92 Å². The van der Waals surface area contributed by atoms with E-state index in [1.807, 2.05) is 5.51 Å². The second-order valence-electron chi connectivity index (χ2n) is 3.93. The summed E-state index contributed by atoms with van der Waals surface area (Å²) >= 11 is 1.69. The van der Waals surface area contributed by atoms with Gasteiger partial charge >= 0.3 is 0 Å². The third-order valence-electron chi connectivity index (χ3n) is 2.68. The van der Waals surface area contributed by atoms with E-state index < -0.39 is 0 Å². The van der Waals surface area contributed by atoms with Crippen LogP contribution in [0.25, 0.3) is 10.2 Å². The summed E-state index contributed by atoms with van der Waals surface area (Å²) in [6, 6.07) is 6.35. The van der Waals surface area contributed by atoms with E-state index >= 15 is 0 Å². The van der Waals surface area contributed by atoms with Gasteiger partial charge in [0.05, 0.1) is 15.7 Å². The highest BCUT2D eigenvalue weighted by Crippen LogP contribution is 2.21. The SMILES string of the molecule is CCC(C)CNc1ccc2ncsc2c1. The number of aromatic nitrogens is 1. The Balaban J connectivity index is 2.08. The van der Waals surface area contributed by atoms with Crippen LogP contribution in [0, 0.1) is 5.92 Å². The van der Waals surface area contributed by atoms with Crippen molar-refractivity contribution in [3.8, 4) is 0 Å². The molecule has 0 saturated carbocycles. The maximum absolute atomic E-state index is 4.26. The molecule has 0 aliphatic rings. The molecule has 2 rings (SSSR count). The van der Waals surface area contributed by atoms with Crippen LogP contribution in [0.4, 0.5) is 5.69 Å². The normalized spacial score (nSPS) is 12.9. The molecule has 2 nitrogen and oxygen atoms in total. The first kappa shape index (κ1) is 10.4. The number of rotatable bonds is 4. The third kappa shape index (κ3) is 2.48. The lowest BCUT2D eigenvalue weighted by Gasteiger charge is -2.10. The zero-order valence-electron chi connectivity index (χ0n) is 9.16. The van der Waals surface area contributed by atoms with E-state index in [2.05, 4.69) is 42.3 Å². The van der Waals surface area contributed by atoms with Crippen molar-refractivity contribution in [1.82, 2.24) is 4.98 Å². The van der Waals surface area contributed by atoms with Gasteiger partial charge in [-0.3, -0.25) is 0 Å². The highest BCUT2D eigenvalue weighted by Gasteiger charge is 2.00. The number of anilines is 1. The molecule has 0 amide bonds. The number of thiazole rings is 1. The Morgan fingerprint density at radius 3 is 3.13 bits per heavy atom. The topological polar surface area (TPSA) is 24.9 Å². The average molecular weight is 220 g/mol. The first-order chi connectivity index (χ1) is 7.29. The van der Waals surface area contributed by atoms with Crippen LogP contribution in [0.15, 0.2) is 23.7 Å². The quantitative estimate of drug-likeness (QED) is 0.848. The molecule has 0 saturated heterocycles. The van der Waals surface area contributed by atoms with E-state index in [1.165, 1.54) is 16.8 Å². The second-order valence-corrected chi connectivity index (χ2v) is 4.82. The van der Waals surface area contributed by atoms with Gasteiger partial charge in [-0.25, -0.2) is 4.98 Å². The van der Waals surface area contributed by atoms with Crippen LogP contribution in [-0.4, -0.2) is 11.5 Å². The van der Waals surface area contributed by atoms with Crippen molar-refractivity contribution in [3.63, 3.8) is 0 Å². The molecule has 0 fully saturated rings. The summed E-state index contributed by atoms with van der Waals surface area (Å²) in [6.07, 6.45) is 1.22. The Hall–Kier alpha value is -1.09. The van der Waals surface area contributed by atoms with Gasteiger partial charge in [0.15, 0.2) is 0 Å². The molecule has 0 bridgehead atoms. The van der Waals surface area contributed by atoms with Gasteiger partial charge in [-0.2, -0.15) is 0 Å². The fourth-order valence-corrected chi connectivity index (χ4v) is 2.12. The predicted molar refractivity (Wildman–Crippen MR) is 67.6 cm³/mol. The summed E-state index contributed by atoms with van der Waals surface area (Å²) in [5.74, 6) is 0.724. The first-order valence-corrected chi connectivity index (χ1v) is 6.24. The van der Waals surface area contributed by atoms with Crippen LogP contribution in [0.1, 0.15) is 20.3 Å². The molecule has 1 N–H and O–H groups in total. The van der Waals surface area contributed by atoms with Gasteiger partial charge in [-0.15, -0.1) is 11.3 Å². The molecule has 0 aliphatic carbocycles. The van der Waals surface area contributed by atoms with E-state index in [-0.39, 0.29) is 0 Å². The van der Waals surface area contributed by atoms with Crippen LogP contribution < -0.4 is 5.32 Å². The second kappa shape index (κ2) is 4.62. The highest BCUT2D eigenvalue weighted by molar-refractivity contribution is 7.16. The van der Waals surface area contributed by atoms with E-state index in [4.69, 9.17) is 0 Å². The molecule has 0 aliphatic heterocycles. The van der Waals surface area contributed by atoms with Crippen LogP contribution >= 0.6 is 11.3 Å². The zero-order chi connectivity index (χ0) is 10.7. The summed E-state index contributed by atoms with van der Waals surface area (Å²) in [6.45, 7) is 5.53. The average Bonchev–Trinajstić information content (AvgIpc) is 2.72. The highest BCUT2D eigenvalue weighted by atomic mass is 32.1. The smallest absolute Gasteiger partial charge is 0.0813 e. The fourth-order valence-electron chi connectivity index (χ4n) is 1.40. The van der Waals surface area contributed by atoms with Gasteiger partial charge < -0.3 is 5.32 Å². The van der Waals surface area contributed by atoms with Crippen molar-refractivity contribution in [3.05, 3.63) is 23.7 Å². The molecule has 1 atom stereocenters. The van der Waals surface area contributed by atoms with Crippen molar-refractivity contribution in [2.75, 3.05) is 11.9 Å². The van der Waals surface area contributed by atoms with Crippen LogP contribution in [-0.2, 0) is 0 Å². The van der Waals surface area contributed by atoms with E-state index in [0.29, 0.717) is 0 Å². The van der Waals surface area contributed by atoms with E-state index in [1.54, 1.807) is 11.3 Å². The number of nitrogens with zero attached hydrogens (tertiary/aromatic N) is 1. The van der Waals surface area contributed by atoms with E-state index in [9.17, 15) is 0 Å². The van der Waals surface area contributed by atoms with Gasteiger partial charge in [0.25, 0.3) is 0 Å². The Kier molecular flexibility index (Phi) is 3.21. The Morgan fingerprint density at radius 1 is 1.47 bits per heavy atom. The lowest BCUT2D eigenvalue weighted by Crippen LogP contribution is -2.09. The zero-order valence-corrected chi connectivity index (χ0v) is 9.97. The van der Waals surface area contributed by atoms with Crippen molar-refractivity contribution >= 4 is 27.2 Å².